The molecule has 23 heavy (non-hydrogen) atoms. The maximum atomic E-state index is 12.3. The second-order valence-electron chi connectivity index (χ2n) is 6.50. The Morgan fingerprint density at radius 1 is 1.13 bits per heavy atom. The van der Waals surface area contributed by atoms with Gasteiger partial charge in [-0.15, -0.1) is 0 Å². The highest BCUT2D eigenvalue weighted by atomic mass is 16.3. The number of anilines is 1. The molecular weight excluding hydrogens is 296 g/mol. The molecule has 2 aliphatic rings. The highest BCUT2D eigenvalue weighted by molar-refractivity contribution is 6.04. The third-order valence-electron chi connectivity index (χ3n) is 4.80. The normalized spacial score (nSPS) is 20.1. The predicted molar refractivity (Wildman–Crippen MR) is 83.6 cm³/mol. The fourth-order valence-corrected chi connectivity index (χ4v) is 3.60. The molecule has 3 rings (SSSR count). The molecular formula is C17H20N2O4. The van der Waals surface area contributed by atoms with Crippen LogP contribution in [0.5, 0.6) is 5.75 Å². The molecule has 122 valence electrons. The number of aromatic hydroxyl groups is 1. The second-order valence-corrected chi connectivity index (χ2v) is 6.50. The van der Waals surface area contributed by atoms with Gasteiger partial charge in [0.25, 0.3) is 0 Å². The molecule has 0 aromatic heterocycles. The number of carbonyl (C=O) groups excluding carboxylic acids is 3. The average molecular weight is 316 g/mol. The number of nitrogens with zero attached hydrogens (tertiary/aromatic N) is 1. The van der Waals surface area contributed by atoms with E-state index in [9.17, 15) is 19.5 Å². The smallest absolute Gasteiger partial charge is 0.244 e. The summed E-state index contributed by atoms with van der Waals surface area (Å²) in [5.41, 5.74) is 0.0976. The van der Waals surface area contributed by atoms with E-state index in [1.54, 1.807) is 18.2 Å². The van der Waals surface area contributed by atoms with Gasteiger partial charge in [0.15, 0.2) is 0 Å². The molecule has 2 fully saturated rings. The number of benzene rings is 1. The number of likely N-dealkylation sites (tertiary alicyclic amines) is 1. The van der Waals surface area contributed by atoms with Crippen LogP contribution in [-0.2, 0) is 14.4 Å². The Bertz CT molecular complexity index is 630. The highest BCUT2D eigenvalue weighted by Gasteiger charge is 2.45. The number of rotatable bonds is 3. The van der Waals surface area contributed by atoms with E-state index in [1.165, 1.54) is 6.07 Å². The van der Waals surface area contributed by atoms with Crippen LogP contribution >= 0.6 is 0 Å². The van der Waals surface area contributed by atoms with Crippen molar-refractivity contribution in [2.75, 3.05) is 11.9 Å². The quantitative estimate of drug-likeness (QED) is 0.660. The summed E-state index contributed by atoms with van der Waals surface area (Å²) >= 11 is 0. The number of imide groups is 1. The van der Waals surface area contributed by atoms with Crippen molar-refractivity contribution in [1.29, 1.82) is 0 Å². The number of para-hydroxylation sites is 2. The van der Waals surface area contributed by atoms with Gasteiger partial charge in [-0.2, -0.15) is 0 Å². The lowest BCUT2D eigenvalue weighted by Crippen LogP contribution is -2.49. The van der Waals surface area contributed by atoms with Gasteiger partial charge < -0.3 is 10.4 Å². The first kappa shape index (κ1) is 15.5. The minimum atomic E-state index is -0.490. The van der Waals surface area contributed by atoms with E-state index in [0.717, 1.165) is 30.6 Å². The van der Waals surface area contributed by atoms with Crippen molar-refractivity contribution in [1.82, 2.24) is 4.90 Å². The summed E-state index contributed by atoms with van der Waals surface area (Å²) < 4.78 is 0. The lowest BCUT2D eigenvalue weighted by atomic mass is 9.76. The van der Waals surface area contributed by atoms with E-state index in [0.29, 0.717) is 12.8 Å². The van der Waals surface area contributed by atoms with E-state index in [4.69, 9.17) is 0 Å². The molecule has 1 aromatic carbocycles. The van der Waals surface area contributed by atoms with Gasteiger partial charge in [0.2, 0.25) is 17.7 Å². The molecule has 2 N–H and O–H groups in total. The zero-order valence-corrected chi connectivity index (χ0v) is 12.9. The maximum Gasteiger partial charge on any atom is 0.244 e. The van der Waals surface area contributed by atoms with E-state index < -0.39 is 5.91 Å². The van der Waals surface area contributed by atoms with Gasteiger partial charge in [0.1, 0.15) is 12.3 Å². The van der Waals surface area contributed by atoms with Crippen LogP contribution in [0.4, 0.5) is 5.69 Å². The highest BCUT2D eigenvalue weighted by Crippen LogP contribution is 2.46. The topological polar surface area (TPSA) is 86.7 Å². The van der Waals surface area contributed by atoms with Crippen molar-refractivity contribution in [2.24, 2.45) is 5.41 Å². The first-order chi connectivity index (χ1) is 11.0. The van der Waals surface area contributed by atoms with Gasteiger partial charge in [-0.3, -0.25) is 19.3 Å². The second kappa shape index (κ2) is 6.02. The first-order valence-electron chi connectivity index (χ1n) is 7.90. The lowest BCUT2D eigenvalue weighted by molar-refractivity contribution is -0.155. The van der Waals surface area contributed by atoms with Crippen LogP contribution in [0.1, 0.15) is 38.5 Å². The monoisotopic (exact) mass is 316 g/mol. The molecule has 0 bridgehead atoms. The zero-order valence-electron chi connectivity index (χ0n) is 12.9. The number of amides is 3. The number of phenols is 1. The van der Waals surface area contributed by atoms with E-state index in [1.807, 2.05) is 0 Å². The fourth-order valence-electron chi connectivity index (χ4n) is 3.60. The average Bonchev–Trinajstić information content (AvgIpc) is 2.93. The van der Waals surface area contributed by atoms with Gasteiger partial charge in [0, 0.05) is 12.8 Å². The fraction of sp³-hybridized carbons (Fsp3) is 0.471. The van der Waals surface area contributed by atoms with Crippen molar-refractivity contribution in [3.63, 3.8) is 0 Å². The van der Waals surface area contributed by atoms with Crippen molar-refractivity contribution in [3.05, 3.63) is 24.3 Å². The molecule has 1 saturated heterocycles. The molecule has 1 spiro atoms. The van der Waals surface area contributed by atoms with Crippen molar-refractivity contribution < 1.29 is 19.5 Å². The summed E-state index contributed by atoms with van der Waals surface area (Å²) in [7, 11) is 0. The zero-order chi connectivity index (χ0) is 16.4. The van der Waals surface area contributed by atoms with Gasteiger partial charge in [-0.05, 0) is 30.4 Å². The van der Waals surface area contributed by atoms with Crippen LogP contribution in [0.3, 0.4) is 0 Å². The van der Waals surface area contributed by atoms with E-state index in [-0.39, 0.29) is 35.2 Å². The number of hydrogen-bond acceptors (Lipinski definition) is 4. The number of hydrogen-bond donors (Lipinski definition) is 2. The van der Waals surface area contributed by atoms with Crippen LogP contribution in [0.2, 0.25) is 0 Å². The molecule has 0 atom stereocenters. The summed E-state index contributed by atoms with van der Waals surface area (Å²) in [4.78, 5) is 37.7. The lowest BCUT2D eigenvalue weighted by Gasteiger charge is -2.36. The Kier molecular flexibility index (Phi) is 4.07. The van der Waals surface area contributed by atoms with Gasteiger partial charge in [0.05, 0.1) is 5.69 Å². The molecule has 6 nitrogen and oxygen atoms in total. The number of nitrogens with one attached hydrogen (secondary N) is 1. The van der Waals surface area contributed by atoms with Crippen molar-refractivity contribution in [3.8, 4) is 5.75 Å². The number of carbonyl (C=O) groups is 3. The summed E-state index contributed by atoms with van der Waals surface area (Å²) in [5.74, 6) is -1.08. The number of piperidine rings is 1. The Morgan fingerprint density at radius 2 is 1.74 bits per heavy atom. The van der Waals surface area contributed by atoms with Gasteiger partial charge >= 0.3 is 0 Å². The van der Waals surface area contributed by atoms with Crippen LogP contribution in [0, 0.1) is 5.41 Å². The molecule has 1 aliphatic carbocycles. The van der Waals surface area contributed by atoms with Gasteiger partial charge in [-0.25, -0.2) is 0 Å². The molecule has 0 radical (unpaired) electrons. The maximum absolute atomic E-state index is 12.3. The Morgan fingerprint density at radius 3 is 2.35 bits per heavy atom. The minimum absolute atomic E-state index is 0.0537. The van der Waals surface area contributed by atoms with Crippen LogP contribution < -0.4 is 5.32 Å². The van der Waals surface area contributed by atoms with Crippen molar-refractivity contribution >= 4 is 23.4 Å². The molecule has 6 heteroatoms. The molecule has 3 amide bonds. The van der Waals surface area contributed by atoms with Crippen molar-refractivity contribution in [2.45, 2.75) is 38.5 Å². The summed E-state index contributed by atoms with van der Waals surface area (Å²) in [6.45, 7) is -0.303. The predicted octanol–water partition coefficient (Wildman–Crippen LogP) is 2.04. The molecule has 0 unspecified atom stereocenters. The first-order valence-corrected chi connectivity index (χ1v) is 7.90. The third-order valence-corrected chi connectivity index (χ3v) is 4.80. The SMILES string of the molecule is O=C(CN1C(=O)CC2(CCCC2)CC1=O)Nc1ccccc1O. The Balaban J connectivity index is 1.64. The molecule has 1 saturated carbocycles. The standard InChI is InChI=1S/C17H20N2O4/c20-13-6-2-1-5-12(13)18-14(21)11-19-15(22)9-17(10-16(19)23)7-3-4-8-17/h1-2,5-6,20H,3-4,7-11H2,(H,18,21). The Labute approximate surface area is 134 Å². The van der Waals surface area contributed by atoms with E-state index >= 15 is 0 Å². The Hall–Kier alpha value is -2.37. The summed E-state index contributed by atoms with van der Waals surface area (Å²) in [6, 6.07) is 6.33. The minimum Gasteiger partial charge on any atom is -0.506 e. The van der Waals surface area contributed by atoms with Crippen LogP contribution in [0.25, 0.3) is 0 Å². The van der Waals surface area contributed by atoms with Crippen LogP contribution in [0.15, 0.2) is 24.3 Å². The summed E-state index contributed by atoms with van der Waals surface area (Å²) in [6.07, 6.45) is 4.67. The summed E-state index contributed by atoms with van der Waals surface area (Å²) in [5, 5.41) is 12.2. The molecule has 1 aliphatic heterocycles. The largest absolute Gasteiger partial charge is 0.506 e. The van der Waals surface area contributed by atoms with Crippen LogP contribution in [-0.4, -0.2) is 34.3 Å². The third kappa shape index (κ3) is 3.21. The number of phenolic OH excluding ortho intramolecular Hbond substituents is 1. The molecule has 1 heterocycles. The van der Waals surface area contributed by atoms with E-state index in [2.05, 4.69) is 5.32 Å². The molecule has 1 aromatic rings. The van der Waals surface area contributed by atoms with Gasteiger partial charge in [-0.1, -0.05) is 25.0 Å².